The van der Waals surface area contributed by atoms with E-state index in [9.17, 15) is 9.59 Å². The molecule has 7 nitrogen and oxygen atoms in total. The van der Waals surface area contributed by atoms with Gasteiger partial charge < -0.3 is 9.47 Å². The fraction of sp³-hybridized carbons (Fsp3) is 0.0278. The molecule has 7 rings (SSSR count). The molecule has 2 aliphatic heterocycles. The summed E-state index contributed by atoms with van der Waals surface area (Å²) in [6.07, 6.45) is 0. The normalized spacial score (nSPS) is 16.5. The summed E-state index contributed by atoms with van der Waals surface area (Å²) in [4.78, 5) is 29.6. The molecule has 0 radical (unpaired) electrons. The Kier molecular flexibility index (Phi) is 6.52. The molecule has 7 heteroatoms. The van der Waals surface area contributed by atoms with Gasteiger partial charge in [0.1, 0.15) is 11.1 Å². The standard InChI is InChI=1S/C36H25N3O4/c1-42-35(40)30-31(36(41)43-32(30)29-23-13-17-24-14-11-12-22-28(24)29)34-38(26-18-7-3-8-19-26)33(25-15-5-2-6-16-25)37-39(34)27-20-9-4-10-21-27/h2-23H,1H3/b34-31-. The first-order valence-electron chi connectivity index (χ1n) is 13.8. The van der Waals surface area contributed by atoms with Crippen molar-refractivity contribution < 1.29 is 19.1 Å². The van der Waals surface area contributed by atoms with Crippen LogP contribution in [0.1, 0.15) is 11.1 Å². The fourth-order valence-corrected chi connectivity index (χ4v) is 5.47. The van der Waals surface area contributed by atoms with Crippen molar-refractivity contribution in [3.8, 4) is 0 Å². The van der Waals surface area contributed by atoms with Crippen molar-refractivity contribution in [2.24, 2.45) is 5.10 Å². The van der Waals surface area contributed by atoms with Gasteiger partial charge in [-0.05, 0) is 35.0 Å². The summed E-state index contributed by atoms with van der Waals surface area (Å²) in [6, 6.07) is 42.2. The number of hydrogen-bond acceptors (Lipinski definition) is 7. The molecule has 0 bridgehead atoms. The van der Waals surface area contributed by atoms with Gasteiger partial charge in [-0.25, -0.2) is 14.6 Å². The summed E-state index contributed by atoms with van der Waals surface area (Å²) in [5.41, 5.74) is 2.98. The van der Waals surface area contributed by atoms with Crippen LogP contribution in [0.15, 0.2) is 156 Å². The molecule has 0 N–H and O–H groups in total. The molecule has 5 aromatic carbocycles. The number of benzene rings is 5. The molecule has 2 heterocycles. The zero-order chi connectivity index (χ0) is 29.3. The predicted octanol–water partition coefficient (Wildman–Crippen LogP) is 6.88. The van der Waals surface area contributed by atoms with E-state index in [-0.39, 0.29) is 16.9 Å². The lowest BCUT2D eigenvalue weighted by Gasteiger charge is -2.26. The number of hydrazone groups is 1. The first-order valence-corrected chi connectivity index (χ1v) is 13.8. The number of methoxy groups -OCH3 is 1. The third kappa shape index (κ3) is 4.44. The second kappa shape index (κ2) is 10.8. The van der Waals surface area contributed by atoms with Crippen LogP contribution in [-0.4, -0.2) is 24.9 Å². The van der Waals surface area contributed by atoms with Crippen molar-refractivity contribution in [2.75, 3.05) is 17.0 Å². The molecule has 0 atom stereocenters. The minimum absolute atomic E-state index is 0.0326. The van der Waals surface area contributed by atoms with Crippen molar-refractivity contribution in [1.82, 2.24) is 0 Å². The summed E-state index contributed by atoms with van der Waals surface area (Å²) >= 11 is 0. The summed E-state index contributed by atoms with van der Waals surface area (Å²) in [5, 5.41) is 8.52. The minimum Gasteiger partial charge on any atom is -0.465 e. The number of amidine groups is 1. The lowest BCUT2D eigenvalue weighted by molar-refractivity contribution is -0.136. The lowest BCUT2D eigenvalue weighted by atomic mass is 9.98. The van der Waals surface area contributed by atoms with Gasteiger partial charge in [-0.2, -0.15) is 0 Å². The molecular formula is C36H25N3O4. The number of cyclic esters (lactones) is 1. The van der Waals surface area contributed by atoms with Crippen LogP contribution in [0.5, 0.6) is 0 Å². The third-order valence-corrected chi connectivity index (χ3v) is 7.39. The number of fused-ring (bicyclic) bond motifs is 1. The molecule has 0 amide bonds. The second-order valence-electron chi connectivity index (χ2n) is 9.92. The second-order valence-corrected chi connectivity index (χ2v) is 9.92. The first-order chi connectivity index (χ1) is 21.2. The van der Waals surface area contributed by atoms with Gasteiger partial charge in [0.05, 0.1) is 12.8 Å². The Hall–Kier alpha value is -5.95. The van der Waals surface area contributed by atoms with E-state index < -0.39 is 11.9 Å². The molecule has 0 saturated heterocycles. The Labute approximate surface area is 248 Å². The van der Waals surface area contributed by atoms with Crippen LogP contribution in [0.2, 0.25) is 0 Å². The van der Waals surface area contributed by atoms with Crippen LogP contribution < -0.4 is 9.91 Å². The number of anilines is 2. The molecule has 0 aromatic heterocycles. The van der Waals surface area contributed by atoms with E-state index in [1.807, 2.05) is 138 Å². The van der Waals surface area contributed by atoms with E-state index in [0.717, 1.165) is 22.0 Å². The van der Waals surface area contributed by atoms with E-state index in [2.05, 4.69) is 0 Å². The Morgan fingerprint density at radius 3 is 2.02 bits per heavy atom. The van der Waals surface area contributed by atoms with Crippen LogP contribution in [0.4, 0.5) is 11.4 Å². The van der Waals surface area contributed by atoms with Gasteiger partial charge in [-0.3, -0.25) is 4.90 Å². The molecule has 2 aliphatic rings. The summed E-state index contributed by atoms with van der Waals surface area (Å²) in [5.74, 6) is -0.286. The van der Waals surface area contributed by atoms with E-state index in [0.29, 0.717) is 22.9 Å². The molecule has 0 spiro atoms. The zero-order valence-electron chi connectivity index (χ0n) is 23.2. The van der Waals surface area contributed by atoms with Crippen molar-refractivity contribution in [1.29, 1.82) is 0 Å². The van der Waals surface area contributed by atoms with Gasteiger partial charge in [0.2, 0.25) is 0 Å². The molecule has 208 valence electrons. The maximum absolute atomic E-state index is 14.1. The van der Waals surface area contributed by atoms with E-state index in [1.54, 1.807) is 5.01 Å². The Balaban J connectivity index is 1.57. The maximum atomic E-state index is 14.1. The van der Waals surface area contributed by atoms with Gasteiger partial charge in [-0.1, -0.05) is 109 Å². The topological polar surface area (TPSA) is 71.4 Å². The number of carbonyl (C=O) groups is 2. The summed E-state index contributed by atoms with van der Waals surface area (Å²) in [6.45, 7) is 0. The highest BCUT2D eigenvalue weighted by molar-refractivity contribution is 6.22. The lowest BCUT2D eigenvalue weighted by Crippen LogP contribution is -2.32. The fourth-order valence-electron chi connectivity index (χ4n) is 5.47. The number of hydrogen-bond donors (Lipinski definition) is 0. The van der Waals surface area contributed by atoms with Crippen molar-refractivity contribution in [3.05, 3.63) is 162 Å². The number of nitrogens with zero attached hydrogens (tertiary/aromatic N) is 3. The van der Waals surface area contributed by atoms with E-state index >= 15 is 0 Å². The smallest absolute Gasteiger partial charge is 0.348 e. The highest BCUT2D eigenvalue weighted by atomic mass is 16.6. The molecule has 43 heavy (non-hydrogen) atoms. The van der Waals surface area contributed by atoms with Crippen LogP contribution >= 0.6 is 0 Å². The molecule has 5 aromatic rings. The van der Waals surface area contributed by atoms with E-state index in [4.69, 9.17) is 14.6 Å². The molecule has 0 fully saturated rings. The van der Waals surface area contributed by atoms with Crippen molar-refractivity contribution >= 4 is 45.7 Å². The van der Waals surface area contributed by atoms with Crippen LogP contribution in [0.25, 0.3) is 16.5 Å². The number of rotatable bonds is 5. The number of esters is 2. The molecule has 0 unspecified atom stereocenters. The number of para-hydroxylation sites is 2. The molecular weight excluding hydrogens is 538 g/mol. The monoisotopic (exact) mass is 563 g/mol. The van der Waals surface area contributed by atoms with Crippen LogP contribution in [0.3, 0.4) is 0 Å². The van der Waals surface area contributed by atoms with Crippen LogP contribution in [-0.2, 0) is 19.1 Å². The predicted molar refractivity (Wildman–Crippen MR) is 167 cm³/mol. The molecule has 0 aliphatic carbocycles. The highest BCUT2D eigenvalue weighted by Gasteiger charge is 2.45. The van der Waals surface area contributed by atoms with Gasteiger partial charge in [0, 0.05) is 16.8 Å². The van der Waals surface area contributed by atoms with Gasteiger partial charge in [0.15, 0.2) is 17.4 Å². The Bertz CT molecular complexity index is 1960. The van der Waals surface area contributed by atoms with Crippen LogP contribution in [0, 0.1) is 0 Å². The summed E-state index contributed by atoms with van der Waals surface area (Å²) in [7, 11) is 1.30. The highest BCUT2D eigenvalue weighted by Crippen LogP contribution is 2.43. The van der Waals surface area contributed by atoms with Gasteiger partial charge in [0.25, 0.3) is 0 Å². The largest absolute Gasteiger partial charge is 0.465 e. The molecule has 0 saturated carbocycles. The van der Waals surface area contributed by atoms with Crippen molar-refractivity contribution in [3.63, 3.8) is 0 Å². The Morgan fingerprint density at radius 1 is 0.721 bits per heavy atom. The average molecular weight is 564 g/mol. The number of carbonyl (C=O) groups excluding carboxylic acids is 2. The Morgan fingerprint density at radius 2 is 1.33 bits per heavy atom. The van der Waals surface area contributed by atoms with Gasteiger partial charge in [-0.15, -0.1) is 5.10 Å². The third-order valence-electron chi connectivity index (χ3n) is 7.39. The van der Waals surface area contributed by atoms with Crippen molar-refractivity contribution in [2.45, 2.75) is 0 Å². The average Bonchev–Trinajstić information content (AvgIpc) is 3.63. The first kappa shape index (κ1) is 26.0. The van der Waals surface area contributed by atoms with E-state index in [1.165, 1.54) is 7.11 Å². The minimum atomic E-state index is -0.689. The summed E-state index contributed by atoms with van der Waals surface area (Å²) < 4.78 is 11.3. The van der Waals surface area contributed by atoms with Gasteiger partial charge >= 0.3 is 11.9 Å². The SMILES string of the molecule is COC(=O)C1=C(c2cccc3ccccc23)OC(=O)/C1=C1\N(c2ccccc2)N=C(c2ccccc2)N1c1ccccc1. The number of ether oxygens (including phenoxy) is 2. The maximum Gasteiger partial charge on any atom is 0.348 e. The quantitative estimate of drug-likeness (QED) is 0.172. The zero-order valence-corrected chi connectivity index (χ0v) is 23.2.